The summed E-state index contributed by atoms with van der Waals surface area (Å²) in [5.41, 5.74) is 16.5. The zero-order valence-electron chi connectivity index (χ0n) is 39.5. The number of benzene rings is 10. The van der Waals surface area contributed by atoms with Crippen LogP contribution in [0.5, 0.6) is 11.5 Å². The molecule has 338 valence electrons. The molecule has 0 amide bonds. The highest BCUT2D eigenvalue weighted by Crippen LogP contribution is 2.53. The summed E-state index contributed by atoms with van der Waals surface area (Å²) in [5.74, 6) is 1.77. The molecule has 14 rings (SSSR count). The number of para-hydroxylation sites is 3. The fraction of sp³-hybridized carbons (Fsp3) is 0.0625. The molecule has 0 spiro atoms. The van der Waals surface area contributed by atoms with Crippen molar-refractivity contribution in [1.82, 2.24) is 4.98 Å². The monoisotopic (exact) mass is 947 g/mol. The van der Waals surface area contributed by atoms with Gasteiger partial charge < -0.3 is 19.5 Å². The summed E-state index contributed by atoms with van der Waals surface area (Å²) < 4.78 is 8.07. The van der Waals surface area contributed by atoms with Crippen LogP contribution in [0.4, 0.5) is 34.1 Å². The van der Waals surface area contributed by atoms with E-state index in [4.69, 9.17) is 4.74 Å². The highest BCUT2D eigenvalue weighted by Gasteiger charge is 2.34. The highest BCUT2D eigenvalue weighted by molar-refractivity contribution is 7.99. The van der Waals surface area contributed by atoms with Crippen molar-refractivity contribution in [3.63, 3.8) is 0 Å². The lowest BCUT2D eigenvalue weighted by Gasteiger charge is -2.38. The van der Waals surface area contributed by atoms with Crippen molar-refractivity contribution >= 4 is 117 Å². The number of nitrogens with one attached hydrogen (secondary N) is 1. The first-order chi connectivity index (χ1) is 34.8. The number of rotatable bonds is 6. The lowest BCUT2D eigenvalue weighted by Crippen LogP contribution is -2.41. The van der Waals surface area contributed by atoms with Crippen molar-refractivity contribution in [2.24, 2.45) is 0 Å². The van der Waals surface area contributed by atoms with Crippen molar-refractivity contribution < 1.29 is 4.74 Å². The number of fused-ring (bicyclic) bond motifs is 10. The average molecular weight is 948 g/mol. The molecule has 0 aliphatic carbocycles. The van der Waals surface area contributed by atoms with Crippen LogP contribution in [0.2, 0.25) is 0 Å². The molecule has 0 radical (unpaired) electrons. The fourth-order valence-electron chi connectivity index (χ4n) is 11.1. The smallest absolute Gasteiger partial charge is 0.198 e. The first-order valence-electron chi connectivity index (χ1n) is 24.4. The molecule has 12 aromatic rings. The van der Waals surface area contributed by atoms with Crippen LogP contribution in [0.15, 0.2) is 222 Å². The summed E-state index contributed by atoms with van der Waals surface area (Å²) in [6, 6.07) is 77.8. The normalized spacial score (nSPS) is 12.9. The number of aromatic nitrogens is 1. The number of hydrogen-bond acceptors (Lipinski definition) is 5. The van der Waals surface area contributed by atoms with E-state index in [0.29, 0.717) is 0 Å². The molecule has 0 bridgehead atoms. The Kier molecular flexibility index (Phi) is 9.64. The lowest BCUT2D eigenvalue weighted by molar-refractivity contribution is 0.455. The Hall–Kier alpha value is -7.97. The summed E-state index contributed by atoms with van der Waals surface area (Å²) in [4.78, 5) is 12.5. The van der Waals surface area contributed by atoms with Crippen molar-refractivity contribution in [3.05, 3.63) is 218 Å². The lowest BCUT2D eigenvalue weighted by atomic mass is 9.57. The number of hydrogen-bond donors (Lipinski definition) is 1. The van der Waals surface area contributed by atoms with Crippen LogP contribution in [-0.4, -0.2) is 12.3 Å². The number of aromatic amines is 1. The third-order valence-electron chi connectivity index (χ3n) is 14.4. The standard InChI is InChI=1S/C64H46BN3OS2/c1-64(2,3)41-31-33-49(47(36-41)39-19-7-4-8-20-39)68-51-38-54-57(70-56-30-18-16-28-53(56)69-54)37-48(51)65-61-52(68)35-40-21-13-14-26-44(40)58(61)46-32-34-50(67(42-22-9-5-10-23-42)43-24-11-6-12-25-43)60-59-45-27-15-17-29-55(45)71-63(59)66-62(46)60/h4-38,65-66H,1-3H3. The Morgan fingerprint density at radius 1 is 0.549 bits per heavy atom. The third-order valence-corrected chi connectivity index (χ3v) is 16.6. The van der Waals surface area contributed by atoms with E-state index in [1.165, 1.54) is 80.9 Å². The zero-order valence-corrected chi connectivity index (χ0v) is 41.2. The molecule has 0 atom stereocenters. The highest BCUT2D eigenvalue weighted by atomic mass is 32.2. The van der Waals surface area contributed by atoms with E-state index in [2.05, 4.69) is 248 Å². The molecule has 2 aliphatic heterocycles. The van der Waals surface area contributed by atoms with E-state index < -0.39 is 0 Å². The maximum Gasteiger partial charge on any atom is 0.198 e. The third kappa shape index (κ3) is 6.82. The molecule has 2 aromatic heterocycles. The van der Waals surface area contributed by atoms with Gasteiger partial charge in [-0.25, -0.2) is 0 Å². The maximum atomic E-state index is 6.80. The Morgan fingerprint density at radius 2 is 1.24 bits per heavy atom. The van der Waals surface area contributed by atoms with Gasteiger partial charge in [0.15, 0.2) is 7.28 Å². The van der Waals surface area contributed by atoms with Crippen molar-refractivity contribution in [3.8, 4) is 33.8 Å². The van der Waals surface area contributed by atoms with Gasteiger partial charge in [0.2, 0.25) is 0 Å². The van der Waals surface area contributed by atoms with Gasteiger partial charge in [-0.3, -0.25) is 0 Å². The molecule has 0 unspecified atom stereocenters. The molecule has 0 saturated heterocycles. The first-order valence-corrected chi connectivity index (χ1v) is 26.0. The second-order valence-corrected chi connectivity index (χ2v) is 21.9. The van der Waals surface area contributed by atoms with Gasteiger partial charge >= 0.3 is 0 Å². The molecule has 7 heteroatoms. The van der Waals surface area contributed by atoms with E-state index >= 15 is 0 Å². The van der Waals surface area contributed by atoms with Crippen LogP contribution in [0.3, 0.4) is 0 Å². The number of thiophene rings is 1. The van der Waals surface area contributed by atoms with E-state index in [1.807, 2.05) is 11.3 Å². The van der Waals surface area contributed by atoms with Crippen molar-refractivity contribution in [1.29, 1.82) is 0 Å². The quantitative estimate of drug-likeness (QED) is 0.168. The van der Waals surface area contributed by atoms with Gasteiger partial charge in [-0.2, -0.15) is 0 Å². The summed E-state index contributed by atoms with van der Waals surface area (Å²) in [5, 5.41) is 6.14. The summed E-state index contributed by atoms with van der Waals surface area (Å²) in [6.45, 7) is 6.91. The molecule has 1 N–H and O–H groups in total. The molecule has 0 saturated carbocycles. The topological polar surface area (TPSA) is 31.5 Å². The predicted octanol–water partition coefficient (Wildman–Crippen LogP) is 17.2. The first kappa shape index (κ1) is 42.0. The average Bonchev–Trinajstić information content (AvgIpc) is 3.97. The Labute approximate surface area is 422 Å². The number of ether oxygens (including phenoxy) is 1. The van der Waals surface area contributed by atoms with Crippen LogP contribution < -0.4 is 25.5 Å². The summed E-state index contributed by atoms with van der Waals surface area (Å²) >= 11 is 3.63. The summed E-state index contributed by atoms with van der Waals surface area (Å²) in [7, 11) is 0.735. The minimum Gasteiger partial charge on any atom is -0.455 e. The Morgan fingerprint density at radius 3 is 2.01 bits per heavy atom. The van der Waals surface area contributed by atoms with Crippen LogP contribution in [0, 0.1) is 0 Å². The van der Waals surface area contributed by atoms with Crippen LogP contribution in [-0.2, 0) is 5.41 Å². The fourth-order valence-corrected chi connectivity index (χ4v) is 13.2. The van der Waals surface area contributed by atoms with Gasteiger partial charge in [-0.05, 0) is 111 Å². The minimum absolute atomic E-state index is 0.0517. The molecular formula is C64H46BN3OS2. The predicted molar refractivity (Wildman–Crippen MR) is 305 cm³/mol. The Bertz CT molecular complexity index is 4040. The molecule has 10 aromatic carbocycles. The number of anilines is 6. The second-order valence-electron chi connectivity index (χ2n) is 19.7. The SMILES string of the molecule is CC(C)(C)c1ccc(N2c3cc4c(cc3Bc3c2cc2ccccc2c3-c2ccc(N(c3ccccc3)c3ccccc3)c3c2[nH]c2sc5ccccc5c23)Sc2ccccc2O4)c(-c2ccccc2)c1. The Balaban J connectivity index is 1.08. The maximum absolute atomic E-state index is 6.80. The molecule has 2 aliphatic rings. The number of nitrogens with zero attached hydrogens (tertiary/aromatic N) is 2. The van der Waals surface area contributed by atoms with E-state index in [0.717, 1.165) is 62.5 Å². The van der Waals surface area contributed by atoms with Crippen molar-refractivity contribution in [2.75, 3.05) is 9.80 Å². The van der Waals surface area contributed by atoms with Crippen LogP contribution in [0.1, 0.15) is 26.3 Å². The molecule has 71 heavy (non-hydrogen) atoms. The van der Waals surface area contributed by atoms with Gasteiger partial charge in [0.1, 0.15) is 16.3 Å². The van der Waals surface area contributed by atoms with Crippen molar-refractivity contribution in [2.45, 2.75) is 36.0 Å². The molecule has 4 heterocycles. The number of H-pyrrole nitrogens is 1. The molecule has 0 fully saturated rings. The van der Waals surface area contributed by atoms with Gasteiger partial charge in [0.05, 0.1) is 26.7 Å². The summed E-state index contributed by atoms with van der Waals surface area (Å²) in [6.07, 6.45) is 0. The van der Waals surface area contributed by atoms with Gasteiger partial charge in [-0.15, -0.1) is 11.3 Å². The molecule has 4 nitrogen and oxygen atoms in total. The van der Waals surface area contributed by atoms with E-state index in [-0.39, 0.29) is 5.41 Å². The largest absolute Gasteiger partial charge is 0.455 e. The van der Waals surface area contributed by atoms with E-state index in [1.54, 1.807) is 11.8 Å². The minimum atomic E-state index is -0.0517. The van der Waals surface area contributed by atoms with Gasteiger partial charge in [-0.1, -0.05) is 171 Å². The van der Waals surface area contributed by atoms with Crippen LogP contribution >= 0.6 is 23.1 Å². The van der Waals surface area contributed by atoms with Gasteiger partial charge in [0.25, 0.3) is 0 Å². The molecular weight excluding hydrogens is 902 g/mol. The second kappa shape index (κ2) is 16.3. The van der Waals surface area contributed by atoms with Gasteiger partial charge in [0, 0.05) is 60.8 Å². The van der Waals surface area contributed by atoms with Crippen LogP contribution in [0.25, 0.3) is 64.2 Å². The van der Waals surface area contributed by atoms with E-state index in [9.17, 15) is 0 Å². The zero-order chi connectivity index (χ0) is 47.4.